The van der Waals surface area contributed by atoms with E-state index in [0.717, 1.165) is 6.42 Å². The Morgan fingerprint density at radius 1 is 0.895 bits per heavy atom. The first-order chi connectivity index (χ1) is 9.38. The molecular weight excluding hydrogens is 232 g/mol. The van der Waals surface area contributed by atoms with E-state index >= 15 is 0 Å². The van der Waals surface area contributed by atoms with Crippen LogP contribution in [0.3, 0.4) is 0 Å². The molecule has 0 bridgehead atoms. The standard InChI is InChI=1S/C18H32O/c1-3-5-7-8-9-10-11-12-14-16-18-17(19-18)15-13-6-4-2/h4,6,13,17-18H,2-3,5,7-12,14-16H2,1H3/b13-6-/t17-,18+/m1/s1. The van der Waals surface area contributed by atoms with Crippen molar-refractivity contribution in [3.8, 4) is 0 Å². The Morgan fingerprint density at radius 3 is 2.16 bits per heavy atom. The number of ether oxygens (including phenoxy) is 1. The van der Waals surface area contributed by atoms with E-state index in [1.807, 2.05) is 12.2 Å². The van der Waals surface area contributed by atoms with Crippen LogP contribution in [0.15, 0.2) is 24.8 Å². The minimum Gasteiger partial charge on any atom is -0.369 e. The zero-order valence-electron chi connectivity index (χ0n) is 12.8. The topological polar surface area (TPSA) is 12.5 Å². The van der Waals surface area contributed by atoms with E-state index in [4.69, 9.17) is 4.74 Å². The molecule has 0 spiro atoms. The molecule has 1 nitrogen and oxygen atoms in total. The molecule has 110 valence electrons. The molecule has 1 heteroatoms. The van der Waals surface area contributed by atoms with Crippen molar-refractivity contribution in [2.24, 2.45) is 0 Å². The Morgan fingerprint density at radius 2 is 1.53 bits per heavy atom. The number of hydrogen-bond acceptors (Lipinski definition) is 1. The summed E-state index contributed by atoms with van der Waals surface area (Å²) >= 11 is 0. The van der Waals surface area contributed by atoms with Crippen molar-refractivity contribution in [2.45, 2.75) is 89.8 Å². The van der Waals surface area contributed by atoms with E-state index < -0.39 is 0 Å². The summed E-state index contributed by atoms with van der Waals surface area (Å²) in [6.45, 7) is 5.95. The second-order valence-corrected chi connectivity index (χ2v) is 5.73. The molecule has 0 amide bonds. The quantitative estimate of drug-likeness (QED) is 0.232. The maximum atomic E-state index is 5.65. The van der Waals surface area contributed by atoms with Gasteiger partial charge in [0.05, 0.1) is 12.2 Å². The molecule has 0 saturated carbocycles. The minimum atomic E-state index is 0.505. The van der Waals surface area contributed by atoms with Gasteiger partial charge >= 0.3 is 0 Å². The predicted octanol–water partition coefficient (Wildman–Crippen LogP) is 5.81. The molecule has 1 aliphatic heterocycles. The molecule has 0 unspecified atom stereocenters. The number of rotatable bonds is 13. The van der Waals surface area contributed by atoms with Crippen molar-refractivity contribution in [1.82, 2.24) is 0 Å². The van der Waals surface area contributed by atoms with E-state index in [0.29, 0.717) is 12.2 Å². The molecular formula is C18H32O. The van der Waals surface area contributed by atoms with Crippen LogP contribution in [0.25, 0.3) is 0 Å². The first kappa shape index (κ1) is 16.5. The van der Waals surface area contributed by atoms with Crippen molar-refractivity contribution in [3.63, 3.8) is 0 Å². The van der Waals surface area contributed by atoms with Gasteiger partial charge in [-0.2, -0.15) is 0 Å². The smallest absolute Gasteiger partial charge is 0.0876 e. The molecule has 0 aliphatic carbocycles. The molecule has 1 aliphatic rings. The molecule has 1 rings (SSSR count). The lowest BCUT2D eigenvalue weighted by molar-refractivity contribution is 0.358. The van der Waals surface area contributed by atoms with E-state index in [1.165, 1.54) is 64.2 Å². The van der Waals surface area contributed by atoms with Gasteiger partial charge in [-0.25, -0.2) is 0 Å². The molecule has 0 radical (unpaired) electrons. The van der Waals surface area contributed by atoms with Gasteiger partial charge in [-0.05, 0) is 12.8 Å². The highest BCUT2D eigenvalue weighted by atomic mass is 16.6. The van der Waals surface area contributed by atoms with Crippen molar-refractivity contribution in [1.29, 1.82) is 0 Å². The molecule has 1 fully saturated rings. The molecule has 2 atom stereocenters. The summed E-state index contributed by atoms with van der Waals surface area (Å²) in [7, 11) is 0. The first-order valence-corrected chi connectivity index (χ1v) is 8.31. The highest BCUT2D eigenvalue weighted by molar-refractivity contribution is 5.01. The highest BCUT2D eigenvalue weighted by Gasteiger charge is 2.36. The monoisotopic (exact) mass is 264 g/mol. The summed E-state index contributed by atoms with van der Waals surface area (Å²) in [6.07, 6.45) is 22.1. The molecule has 19 heavy (non-hydrogen) atoms. The fraction of sp³-hybridized carbons (Fsp3) is 0.778. The van der Waals surface area contributed by atoms with E-state index in [1.54, 1.807) is 0 Å². The molecule has 1 saturated heterocycles. The summed E-state index contributed by atoms with van der Waals surface area (Å²) < 4.78 is 5.65. The fourth-order valence-electron chi connectivity index (χ4n) is 2.61. The van der Waals surface area contributed by atoms with Crippen LogP contribution < -0.4 is 0 Å². The summed E-state index contributed by atoms with van der Waals surface area (Å²) in [6, 6.07) is 0. The fourth-order valence-corrected chi connectivity index (χ4v) is 2.61. The van der Waals surface area contributed by atoms with Crippen LogP contribution in [-0.4, -0.2) is 12.2 Å². The molecule has 0 aromatic carbocycles. The third kappa shape index (κ3) is 9.04. The van der Waals surface area contributed by atoms with Gasteiger partial charge in [-0.15, -0.1) is 0 Å². The number of epoxide rings is 1. The molecule has 0 N–H and O–H groups in total. The Labute approximate surface area is 120 Å². The molecule has 0 aromatic heterocycles. The van der Waals surface area contributed by atoms with Gasteiger partial charge in [-0.3, -0.25) is 0 Å². The SMILES string of the molecule is C=C/C=C\C[C@H]1O[C@H]1CCCCCCCCCCC. The largest absolute Gasteiger partial charge is 0.369 e. The van der Waals surface area contributed by atoms with Crippen LogP contribution in [0.5, 0.6) is 0 Å². The van der Waals surface area contributed by atoms with Crippen LogP contribution in [0.4, 0.5) is 0 Å². The van der Waals surface area contributed by atoms with Gasteiger partial charge in [0.2, 0.25) is 0 Å². The second-order valence-electron chi connectivity index (χ2n) is 5.73. The number of unbranched alkanes of at least 4 members (excludes halogenated alkanes) is 8. The van der Waals surface area contributed by atoms with Crippen LogP contribution in [0, 0.1) is 0 Å². The van der Waals surface area contributed by atoms with Crippen molar-refractivity contribution in [3.05, 3.63) is 24.8 Å². The third-order valence-electron chi connectivity index (χ3n) is 3.92. The van der Waals surface area contributed by atoms with Gasteiger partial charge in [0.15, 0.2) is 0 Å². The van der Waals surface area contributed by atoms with Crippen LogP contribution >= 0.6 is 0 Å². The average Bonchev–Trinajstić information content (AvgIpc) is 3.16. The second kappa shape index (κ2) is 11.3. The van der Waals surface area contributed by atoms with Crippen molar-refractivity contribution < 1.29 is 4.74 Å². The average molecular weight is 264 g/mol. The Bertz CT molecular complexity index is 244. The molecule has 1 heterocycles. The third-order valence-corrected chi connectivity index (χ3v) is 3.92. The Hall–Kier alpha value is -0.560. The van der Waals surface area contributed by atoms with Gasteiger partial charge < -0.3 is 4.74 Å². The van der Waals surface area contributed by atoms with E-state index in [2.05, 4.69) is 19.6 Å². The van der Waals surface area contributed by atoms with E-state index in [9.17, 15) is 0 Å². The summed E-state index contributed by atoms with van der Waals surface area (Å²) in [4.78, 5) is 0. The van der Waals surface area contributed by atoms with Crippen LogP contribution in [-0.2, 0) is 4.74 Å². The lowest BCUT2D eigenvalue weighted by Gasteiger charge is -2.01. The summed E-state index contributed by atoms with van der Waals surface area (Å²) in [5, 5.41) is 0. The zero-order valence-corrected chi connectivity index (χ0v) is 12.8. The van der Waals surface area contributed by atoms with Gasteiger partial charge in [0.1, 0.15) is 0 Å². The first-order valence-electron chi connectivity index (χ1n) is 8.31. The maximum Gasteiger partial charge on any atom is 0.0876 e. The normalized spacial score (nSPS) is 21.9. The zero-order chi connectivity index (χ0) is 13.8. The van der Waals surface area contributed by atoms with Gasteiger partial charge in [-0.1, -0.05) is 89.5 Å². The van der Waals surface area contributed by atoms with E-state index in [-0.39, 0.29) is 0 Å². The minimum absolute atomic E-state index is 0.505. The highest BCUT2D eigenvalue weighted by Crippen LogP contribution is 2.30. The van der Waals surface area contributed by atoms with Crippen molar-refractivity contribution >= 4 is 0 Å². The summed E-state index contributed by atoms with van der Waals surface area (Å²) in [5.41, 5.74) is 0. The van der Waals surface area contributed by atoms with Gasteiger partial charge in [0, 0.05) is 0 Å². The Balaban J connectivity index is 1.77. The summed E-state index contributed by atoms with van der Waals surface area (Å²) in [5.74, 6) is 0. The number of allylic oxidation sites excluding steroid dienone is 2. The van der Waals surface area contributed by atoms with Crippen molar-refractivity contribution in [2.75, 3.05) is 0 Å². The van der Waals surface area contributed by atoms with Crippen LogP contribution in [0.1, 0.15) is 77.6 Å². The maximum absolute atomic E-state index is 5.65. The number of hydrogen-bond donors (Lipinski definition) is 0. The predicted molar refractivity (Wildman–Crippen MR) is 84.5 cm³/mol. The van der Waals surface area contributed by atoms with Crippen LogP contribution in [0.2, 0.25) is 0 Å². The van der Waals surface area contributed by atoms with Gasteiger partial charge in [0.25, 0.3) is 0 Å². The Kier molecular flexibility index (Phi) is 9.79. The molecule has 0 aromatic rings. The lowest BCUT2D eigenvalue weighted by atomic mass is 10.0. The lowest BCUT2D eigenvalue weighted by Crippen LogP contribution is -1.92.